The Morgan fingerprint density at radius 1 is 1.37 bits per heavy atom. The average Bonchev–Trinajstić information content (AvgIpc) is 2.39. The van der Waals surface area contributed by atoms with Gasteiger partial charge in [0.1, 0.15) is 6.04 Å². The number of urea groups is 1. The average molecular weight is 270 g/mol. The van der Waals surface area contributed by atoms with Crippen LogP contribution in [0.1, 0.15) is 46.5 Å². The van der Waals surface area contributed by atoms with Gasteiger partial charge in [-0.25, -0.2) is 9.59 Å². The van der Waals surface area contributed by atoms with Crippen molar-refractivity contribution in [1.82, 2.24) is 9.80 Å². The molecule has 0 saturated carbocycles. The van der Waals surface area contributed by atoms with Crippen LogP contribution in [0, 0.1) is 5.92 Å². The summed E-state index contributed by atoms with van der Waals surface area (Å²) in [6.45, 7) is 7.98. The summed E-state index contributed by atoms with van der Waals surface area (Å²) in [6.07, 6.45) is 3.44. The molecule has 19 heavy (non-hydrogen) atoms. The lowest BCUT2D eigenvalue weighted by Gasteiger charge is -2.38. The molecule has 1 saturated heterocycles. The summed E-state index contributed by atoms with van der Waals surface area (Å²) in [4.78, 5) is 27.1. The van der Waals surface area contributed by atoms with Crippen molar-refractivity contribution in [3.05, 3.63) is 0 Å². The highest BCUT2D eigenvalue weighted by Gasteiger charge is 2.36. The molecule has 1 heterocycles. The van der Waals surface area contributed by atoms with Crippen molar-refractivity contribution in [2.24, 2.45) is 5.92 Å². The molecule has 1 aliphatic heterocycles. The number of carbonyl (C=O) groups is 2. The van der Waals surface area contributed by atoms with Crippen LogP contribution in [0.3, 0.4) is 0 Å². The fraction of sp³-hybridized carbons (Fsp3) is 0.857. The van der Waals surface area contributed by atoms with E-state index >= 15 is 0 Å². The van der Waals surface area contributed by atoms with Gasteiger partial charge in [-0.05, 0) is 32.1 Å². The molecule has 0 aromatic rings. The maximum Gasteiger partial charge on any atom is 0.326 e. The number of rotatable bonds is 5. The summed E-state index contributed by atoms with van der Waals surface area (Å²) in [5.74, 6) is -0.512. The molecule has 5 heteroatoms. The van der Waals surface area contributed by atoms with Gasteiger partial charge in [0.25, 0.3) is 0 Å². The Kier molecular flexibility index (Phi) is 6.12. The highest BCUT2D eigenvalue weighted by molar-refractivity contribution is 5.83. The van der Waals surface area contributed by atoms with Gasteiger partial charge in [0.05, 0.1) is 0 Å². The standard InChI is InChI=1S/C14H26N2O3/c1-4-6-8-15(5-2)14(19)16-9-7-11(3)10-12(16)13(17)18/h11-12H,4-10H2,1-3H3,(H,17,18). The normalized spacial score (nSPS) is 23.2. The fourth-order valence-corrected chi connectivity index (χ4v) is 2.52. The van der Waals surface area contributed by atoms with Crippen LogP contribution in [-0.4, -0.2) is 52.6 Å². The van der Waals surface area contributed by atoms with Crippen molar-refractivity contribution in [2.75, 3.05) is 19.6 Å². The number of unbranched alkanes of at least 4 members (excludes halogenated alkanes) is 1. The van der Waals surface area contributed by atoms with E-state index in [0.717, 1.165) is 19.3 Å². The molecular formula is C14H26N2O3. The van der Waals surface area contributed by atoms with Crippen LogP contribution in [0.25, 0.3) is 0 Å². The number of likely N-dealkylation sites (tertiary alicyclic amines) is 1. The number of aliphatic carboxylic acids is 1. The van der Waals surface area contributed by atoms with Crippen LogP contribution in [0.5, 0.6) is 0 Å². The van der Waals surface area contributed by atoms with Crippen LogP contribution in [-0.2, 0) is 4.79 Å². The molecule has 0 spiro atoms. The maximum atomic E-state index is 12.4. The molecule has 2 atom stereocenters. The largest absolute Gasteiger partial charge is 0.480 e. The summed E-state index contributed by atoms with van der Waals surface area (Å²) >= 11 is 0. The van der Waals surface area contributed by atoms with Gasteiger partial charge in [0, 0.05) is 19.6 Å². The summed E-state index contributed by atoms with van der Waals surface area (Å²) in [5, 5.41) is 9.29. The first kappa shape index (κ1) is 15.8. The van der Waals surface area contributed by atoms with Crippen molar-refractivity contribution >= 4 is 12.0 Å². The first-order valence-corrected chi connectivity index (χ1v) is 7.29. The van der Waals surface area contributed by atoms with E-state index in [1.54, 1.807) is 9.80 Å². The van der Waals surface area contributed by atoms with Crippen molar-refractivity contribution in [3.8, 4) is 0 Å². The third kappa shape index (κ3) is 4.11. The number of carbonyl (C=O) groups excluding carboxylic acids is 1. The molecule has 0 radical (unpaired) electrons. The van der Waals surface area contributed by atoms with Gasteiger partial charge >= 0.3 is 12.0 Å². The highest BCUT2D eigenvalue weighted by atomic mass is 16.4. The summed E-state index contributed by atoms with van der Waals surface area (Å²) in [6, 6.07) is -0.776. The van der Waals surface area contributed by atoms with Gasteiger partial charge < -0.3 is 14.9 Å². The molecule has 5 nitrogen and oxygen atoms in total. The van der Waals surface area contributed by atoms with E-state index in [9.17, 15) is 14.7 Å². The fourth-order valence-electron chi connectivity index (χ4n) is 2.52. The Labute approximate surface area is 115 Å². The van der Waals surface area contributed by atoms with Crippen molar-refractivity contribution < 1.29 is 14.7 Å². The summed E-state index contributed by atoms with van der Waals surface area (Å²) < 4.78 is 0. The van der Waals surface area contributed by atoms with Crippen molar-refractivity contribution in [2.45, 2.75) is 52.5 Å². The van der Waals surface area contributed by atoms with Crippen molar-refractivity contribution in [1.29, 1.82) is 0 Å². The molecule has 1 N–H and O–H groups in total. The smallest absolute Gasteiger partial charge is 0.326 e. The molecule has 2 unspecified atom stereocenters. The molecule has 2 amide bonds. The Hall–Kier alpha value is -1.26. The van der Waals surface area contributed by atoms with E-state index in [1.807, 2.05) is 13.8 Å². The van der Waals surface area contributed by atoms with Crippen LogP contribution in [0.2, 0.25) is 0 Å². The predicted molar refractivity (Wildman–Crippen MR) is 74.1 cm³/mol. The van der Waals surface area contributed by atoms with Gasteiger partial charge in [-0.3, -0.25) is 0 Å². The molecule has 1 rings (SSSR count). The number of nitrogens with zero attached hydrogens (tertiary/aromatic N) is 2. The Morgan fingerprint density at radius 3 is 2.58 bits per heavy atom. The van der Waals surface area contributed by atoms with Crippen LogP contribution < -0.4 is 0 Å². The van der Waals surface area contributed by atoms with E-state index in [0.29, 0.717) is 32.0 Å². The van der Waals surface area contributed by atoms with Gasteiger partial charge in [-0.2, -0.15) is 0 Å². The van der Waals surface area contributed by atoms with Crippen LogP contribution in [0.15, 0.2) is 0 Å². The van der Waals surface area contributed by atoms with E-state index in [2.05, 4.69) is 6.92 Å². The Balaban J connectivity index is 2.73. The minimum Gasteiger partial charge on any atom is -0.480 e. The Bertz CT molecular complexity index is 320. The van der Waals surface area contributed by atoms with E-state index in [-0.39, 0.29) is 6.03 Å². The van der Waals surface area contributed by atoms with E-state index in [1.165, 1.54) is 0 Å². The third-order valence-electron chi connectivity index (χ3n) is 3.83. The number of hydrogen-bond donors (Lipinski definition) is 1. The summed E-state index contributed by atoms with van der Waals surface area (Å²) in [5.41, 5.74) is 0. The van der Waals surface area contributed by atoms with Gasteiger partial charge in [0.15, 0.2) is 0 Å². The monoisotopic (exact) mass is 270 g/mol. The zero-order valence-corrected chi connectivity index (χ0v) is 12.3. The molecule has 0 aromatic carbocycles. The predicted octanol–water partition coefficient (Wildman–Crippen LogP) is 2.41. The van der Waals surface area contributed by atoms with Gasteiger partial charge in [-0.15, -0.1) is 0 Å². The number of carboxylic acids is 1. The second-order valence-corrected chi connectivity index (χ2v) is 5.39. The minimum absolute atomic E-state index is 0.116. The SMILES string of the molecule is CCCCN(CC)C(=O)N1CCC(C)CC1C(=O)O. The molecular weight excluding hydrogens is 244 g/mol. The zero-order valence-electron chi connectivity index (χ0n) is 12.3. The second kappa shape index (κ2) is 7.36. The molecule has 1 fully saturated rings. The quantitative estimate of drug-likeness (QED) is 0.834. The number of amides is 2. The third-order valence-corrected chi connectivity index (χ3v) is 3.83. The summed E-state index contributed by atoms with van der Waals surface area (Å²) in [7, 11) is 0. The minimum atomic E-state index is -0.883. The second-order valence-electron chi connectivity index (χ2n) is 5.39. The van der Waals surface area contributed by atoms with Crippen LogP contribution in [0.4, 0.5) is 4.79 Å². The zero-order chi connectivity index (χ0) is 14.4. The highest BCUT2D eigenvalue weighted by Crippen LogP contribution is 2.24. The first-order valence-electron chi connectivity index (χ1n) is 7.29. The number of piperidine rings is 1. The van der Waals surface area contributed by atoms with Crippen LogP contribution >= 0.6 is 0 Å². The van der Waals surface area contributed by atoms with Gasteiger partial charge in [0.2, 0.25) is 0 Å². The maximum absolute atomic E-state index is 12.4. The number of hydrogen-bond acceptors (Lipinski definition) is 2. The lowest BCUT2D eigenvalue weighted by atomic mass is 9.92. The molecule has 0 aromatic heterocycles. The van der Waals surface area contributed by atoms with E-state index in [4.69, 9.17) is 0 Å². The number of carboxylic acid groups (broad SMARTS) is 1. The molecule has 0 aliphatic carbocycles. The lowest BCUT2D eigenvalue weighted by Crippen LogP contribution is -2.54. The van der Waals surface area contributed by atoms with E-state index < -0.39 is 12.0 Å². The molecule has 1 aliphatic rings. The van der Waals surface area contributed by atoms with Crippen molar-refractivity contribution in [3.63, 3.8) is 0 Å². The lowest BCUT2D eigenvalue weighted by molar-refractivity contribution is -0.144. The topological polar surface area (TPSA) is 60.9 Å². The molecule has 0 bridgehead atoms. The Morgan fingerprint density at radius 2 is 2.05 bits per heavy atom. The van der Waals surface area contributed by atoms with Gasteiger partial charge in [-0.1, -0.05) is 20.3 Å². The first-order chi connectivity index (χ1) is 9.01. The molecule has 110 valence electrons.